The van der Waals surface area contributed by atoms with Crippen molar-refractivity contribution in [3.63, 3.8) is 0 Å². The fourth-order valence-electron chi connectivity index (χ4n) is 2.88. The lowest BCUT2D eigenvalue weighted by atomic mass is 10.1. The third kappa shape index (κ3) is 3.67. The monoisotopic (exact) mass is 419 g/mol. The second-order valence-corrected chi connectivity index (χ2v) is 7.72. The molecule has 1 aliphatic heterocycles. The Morgan fingerprint density at radius 1 is 1.29 bits per heavy atom. The Kier molecular flexibility index (Phi) is 5.57. The molecule has 144 valence electrons. The molecule has 0 N–H and O–H groups in total. The first-order valence-corrected chi connectivity index (χ1v) is 9.29. The molecule has 0 radical (unpaired) electrons. The number of thiophene rings is 1. The standard InChI is InChI=1S/C18H14ClN3O5S/c1-2-8-20(9-11-6-7-14(19)28-11)15(23)10-21-17(24)12-4-3-5-13(22(26)27)16(12)18(21)25/h2-7H,1,8-10H2. The van der Waals surface area contributed by atoms with E-state index in [2.05, 4.69) is 6.58 Å². The maximum atomic E-state index is 12.7. The van der Waals surface area contributed by atoms with Crippen LogP contribution < -0.4 is 0 Å². The summed E-state index contributed by atoms with van der Waals surface area (Å²) in [5.41, 5.74) is -0.820. The van der Waals surface area contributed by atoms with Gasteiger partial charge in [0, 0.05) is 17.5 Å². The van der Waals surface area contributed by atoms with Crippen LogP contribution in [0, 0.1) is 10.1 Å². The summed E-state index contributed by atoms with van der Waals surface area (Å²) in [4.78, 5) is 51.3. The van der Waals surface area contributed by atoms with Crippen molar-refractivity contribution >= 4 is 46.3 Å². The van der Waals surface area contributed by atoms with Crippen LogP contribution in [0.5, 0.6) is 0 Å². The summed E-state index contributed by atoms with van der Waals surface area (Å²) in [5.74, 6) is -2.06. The van der Waals surface area contributed by atoms with Gasteiger partial charge in [-0.05, 0) is 18.2 Å². The van der Waals surface area contributed by atoms with Crippen molar-refractivity contribution in [2.24, 2.45) is 0 Å². The Morgan fingerprint density at radius 2 is 2.04 bits per heavy atom. The number of benzene rings is 1. The van der Waals surface area contributed by atoms with Gasteiger partial charge in [-0.1, -0.05) is 23.7 Å². The molecule has 0 bridgehead atoms. The molecule has 8 nitrogen and oxygen atoms in total. The van der Waals surface area contributed by atoms with Crippen LogP contribution in [0.3, 0.4) is 0 Å². The van der Waals surface area contributed by atoms with Gasteiger partial charge in [-0.15, -0.1) is 17.9 Å². The van der Waals surface area contributed by atoms with Crippen LogP contribution in [0.1, 0.15) is 25.6 Å². The molecule has 3 rings (SSSR count). The maximum absolute atomic E-state index is 12.7. The van der Waals surface area contributed by atoms with E-state index in [1.807, 2.05) is 0 Å². The molecular weight excluding hydrogens is 406 g/mol. The summed E-state index contributed by atoms with van der Waals surface area (Å²) in [7, 11) is 0. The summed E-state index contributed by atoms with van der Waals surface area (Å²) in [6.45, 7) is 3.55. The molecule has 0 unspecified atom stereocenters. The van der Waals surface area contributed by atoms with Gasteiger partial charge in [0.25, 0.3) is 17.5 Å². The maximum Gasteiger partial charge on any atom is 0.282 e. The number of rotatable bonds is 7. The van der Waals surface area contributed by atoms with E-state index in [-0.39, 0.29) is 24.2 Å². The number of nitrogens with zero attached hydrogens (tertiary/aromatic N) is 3. The van der Waals surface area contributed by atoms with Crippen molar-refractivity contribution in [2.75, 3.05) is 13.1 Å². The molecule has 1 aromatic heterocycles. The Labute approximate surface area is 168 Å². The fourth-order valence-corrected chi connectivity index (χ4v) is 3.99. The van der Waals surface area contributed by atoms with Crippen molar-refractivity contribution in [3.8, 4) is 0 Å². The zero-order valence-electron chi connectivity index (χ0n) is 14.5. The van der Waals surface area contributed by atoms with Gasteiger partial charge in [0.1, 0.15) is 12.1 Å². The van der Waals surface area contributed by atoms with Crippen molar-refractivity contribution in [3.05, 3.63) is 73.4 Å². The quantitative estimate of drug-likeness (QED) is 0.297. The Morgan fingerprint density at radius 3 is 2.64 bits per heavy atom. The smallest absolute Gasteiger partial charge is 0.282 e. The SMILES string of the molecule is C=CCN(Cc1ccc(Cl)s1)C(=O)CN1C(=O)c2cccc([N+](=O)[O-])c2C1=O. The molecule has 0 spiro atoms. The lowest BCUT2D eigenvalue weighted by molar-refractivity contribution is -0.385. The van der Waals surface area contributed by atoms with Crippen LogP contribution in [0.2, 0.25) is 4.34 Å². The normalized spacial score (nSPS) is 12.8. The number of fused-ring (bicyclic) bond motifs is 1. The molecule has 0 aliphatic carbocycles. The van der Waals surface area contributed by atoms with Gasteiger partial charge in [-0.25, -0.2) is 0 Å². The van der Waals surface area contributed by atoms with Crippen LogP contribution in [-0.2, 0) is 11.3 Å². The highest BCUT2D eigenvalue weighted by Crippen LogP contribution is 2.30. The third-order valence-electron chi connectivity index (χ3n) is 4.14. The minimum atomic E-state index is -0.849. The topological polar surface area (TPSA) is 101 Å². The van der Waals surface area contributed by atoms with Gasteiger partial charge in [0.05, 0.1) is 21.4 Å². The number of halogens is 1. The molecule has 3 amide bonds. The Balaban J connectivity index is 1.82. The van der Waals surface area contributed by atoms with Crippen molar-refractivity contribution in [2.45, 2.75) is 6.54 Å². The molecular formula is C18H14ClN3O5S. The number of nitro groups is 1. The highest BCUT2D eigenvalue weighted by atomic mass is 35.5. The second-order valence-electron chi connectivity index (χ2n) is 5.92. The van der Waals surface area contributed by atoms with Crippen molar-refractivity contribution < 1.29 is 19.3 Å². The van der Waals surface area contributed by atoms with Gasteiger partial charge in [0.15, 0.2) is 0 Å². The number of carbonyl (C=O) groups is 3. The summed E-state index contributed by atoms with van der Waals surface area (Å²) >= 11 is 7.22. The minimum Gasteiger partial charge on any atom is -0.332 e. The fraction of sp³-hybridized carbons (Fsp3) is 0.167. The van der Waals surface area contributed by atoms with Crippen LogP contribution in [0.25, 0.3) is 0 Å². The predicted octanol–water partition coefficient (Wildman–Crippen LogP) is 3.12. The lowest BCUT2D eigenvalue weighted by Gasteiger charge is -2.23. The predicted molar refractivity (Wildman–Crippen MR) is 103 cm³/mol. The number of amides is 3. The van der Waals surface area contributed by atoms with Gasteiger partial charge in [0.2, 0.25) is 5.91 Å². The van der Waals surface area contributed by atoms with E-state index in [1.165, 1.54) is 34.4 Å². The largest absolute Gasteiger partial charge is 0.332 e. The third-order valence-corrected chi connectivity index (χ3v) is 5.36. The molecule has 1 aromatic carbocycles. The van der Waals surface area contributed by atoms with Crippen LogP contribution in [0.4, 0.5) is 5.69 Å². The summed E-state index contributed by atoms with van der Waals surface area (Å²) < 4.78 is 0.577. The van der Waals surface area contributed by atoms with E-state index in [9.17, 15) is 24.5 Å². The van der Waals surface area contributed by atoms with Crippen LogP contribution >= 0.6 is 22.9 Å². The molecule has 0 saturated carbocycles. The lowest BCUT2D eigenvalue weighted by Crippen LogP contribution is -2.42. The zero-order valence-corrected chi connectivity index (χ0v) is 16.0. The minimum absolute atomic E-state index is 0.0766. The molecule has 10 heteroatoms. The van der Waals surface area contributed by atoms with Gasteiger partial charge in [-0.2, -0.15) is 0 Å². The van der Waals surface area contributed by atoms with E-state index >= 15 is 0 Å². The number of imide groups is 1. The number of hydrogen-bond donors (Lipinski definition) is 0. The first kappa shape index (κ1) is 19.7. The van der Waals surface area contributed by atoms with E-state index < -0.39 is 34.9 Å². The first-order valence-electron chi connectivity index (χ1n) is 8.10. The molecule has 1 aliphatic rings. The molecule has 0 saturated heterocycles. The highest BCUT2D eigenvalue weighted by molar-refractivity contribution is 7.16. The van der Waals surface area contributed by atoms with Gasteiger partial charge >= 0.3 is 0 Å². The summed E-state index contributed by atoms with van der Waals surface area (Å²) in [5, 5.41) is 11.2. The highest BCUT2D eigenvalue weighted by Gasteiger charge is 2.42. The average Bonchev–Trinajstić information content (AvgIpc) is 3.17. The number of carbonyl (C=O) groups excluding carboxylic acids is 3. The molecule has 2 aromatic rings. The Hall–Kier alpha value is -3.04. The van der Waals surface area contributed by atoms with Crippen molar-refractivity contribution in [1.29, 1.82) is 0 Å². The van der Waals surface area contributed by atoms with E-state index in [1.54, 1.807) is 12.1 Å². The number of hydrogen-bond acceptors (Lipinski definition) is 6. The first-order chi connectivity index (χ1) is 13.3. The summed E-state index contributed by atoms with van der Waals surface area (Å²) in [6.07, 6.45) is 1.53. The van der Waals surface area contributed by atoms with E-state index in [0.29, 0.717) is 4.34 Å². The molecule has 2 heterocycles. The van der Waals surface area contributed by atoms with Gasteiger partial charge in [-0.3, -0.25) is 29.4 Å². The van der Waals surface area contributed by atoms with E-state index in [0.717, 1.165) is 15.8 Å². The number of nitro benzene ring substituents is 1. The molecule has 28 heavy (non-hydrogen) atoms. The van der Waals surface area contributed by atoms with Crippen LogP contribution in [-0.4, -0.2) is 45.5 Å². The van der Waals surface area contributed by atoms with E-state index in [4.69, 9.17) is 11.6 Å². The van der Waals surface area contributed by atoms with Crippen molar-refractivity contribution in [1.82, 2.24) is 9.80 Å². The Bertz CT molecular complexity index is 1000. The second kappa shape index (κ2) is 7.91. The summed E-state index contributed by atoms with van der Waals surface area (Å²) in [6, 6.07) is 7.31. The van der Waals surface area contributed by atoms with Crippen LogP contribution in [0.15, 0.2) is 43.0 Å². The molecule has 0 fully saturated rings. The van der Waals surface area contributed by atoms with Gasteiger partial charge < -0.3 is 4.90 Å². The average molecular weight is 420 g/mol. The molecule has 0 atom stereocenters. The zero-order chi connectivity index (χ0) is 20.4.